The zero-order valence-electron chi connectivity index (χ0n) is 5.95. The summed E-state index contributed by atoms with van der Waals surface area (Å²) in [6.07, 6.45) is 0. The Kier molecular flexibility index (Phi) is 2.81. The van der Waals surface area contributed by atoms with Gasteiger partial charge in [-0.05, 0) is 0 Å². The fraction of sp³-hybridized carbons (Fsp3) is 0.143. The van der Waals surface area contributed by atoms with Gasteiger partial charge in [-0.2, -0.15) is 0 Å². The second kappa shape index (κ2) is 3.66. The predicted octanol–water partition coefficient (Wildman–Crippen LogP) is -1.52. The molecule has 0 saturated carbocycles. The number of halogens is 1. The van der Waals surface area contributed by atoms with Gasteiger partial charge >= 0.3 is 74.7 Å². The summed E-state index contributed by atoms with van der Waals surface area (Å²) in [6.45, 7) is 0. The molecule has 11 heavy (non-hydrogen) atoms. The van der Waals surface area contributed by atoms with Crippen molar-refractivity contribution < 1.29 is 26.1 Å². The van der Waals surface area contributed by atoms with E-state index in [-0.39, 0.29) is 31.8 Å². The molecule has 0 aliphatic heterocycles. The number of nitro benzene ring substituents is 1. The molecule has 0 aliphatic carbocycles. The van der Waals surface area contributed by atoms with Gasteiger partial charge in [0.25, 0.3) is 0 Å². The maximum atomic E-state index is 10.2. The number of non-ortho nitro benzene ring substituents is 1. The molecule has 0 atom stereocenters. The third-order valence-electron chi connectivity index (χ3n) is 1.26. The zero-order valence-corrected chi connectivity index (χ0v) is 8.11. The summed E-state index contributed by atoms with van der Waals surface area (Å²) >= 11 is 0.0541. The summed E-state index contributed by atoms with van der Waals surface area (Å²) in [5.74, 6) is 0. The van der Waals surface area contributed by atoms with Crippen molar-refractivity contribution in [1.29, 1.82) is 0 Å². The van der Waals surface area contributed by atoms with Crippen LogP contribution >= 0.6 is 0 Å². The number of alkyl halides is 1. The molecule has 0 saturated heterocycles. The first-order chi connectivity index (χ1) is 5.24. The molecule has 0 aromatic heterocycles. The van der Waals surface area contributed by atoms with Crippen LogP contribution in [0.5, 0.6) is 0 Å². The fourth-order valence-electron chi connectivity index (χ4n) is 0.689. The van der Waals surface area contributed by atoms with E-state index in [0.717, 1.165) is 0 Å². The van der Waals surface area contributed by atoms with Crippen molar-refractivity contribution in [2.24, 2.45) is 0 Å². The van der Waals surface area contributed by atoms with Crippen molar-refractivity contribution in [1.82, 2.24) is 0 Å². The van der Waals surface area contributed by atoms with Crippen molar-refractivity contribution in [2.45, 2.75) is 0 Å². The number of rotatable bonds is 2. The van der Waals surface area contributed by atoms with Gasteiger partial charge in [0.15, 0.2) is 0 Å². The number of nitrogens with zero attached hydrogens (tertiary/aromatic N) is 1. The summed E-state index contributed by atoms with van der Waals surface area (Å²) in [5.41, 5.74) is 0.172. The van der Waals surface area contributed by atoms with E-state index < -0.39 is 0 Å². The van der Waals surface area contributed by atoms with Crippen LogP contribution in [-0.4, -0.2) is 9.85 Å². The van der Waals surface area contributed by atoms with Crippen molar-refractivity contribution in [2.75, 3.05) is 4.93 Å². The standard InChI is InChI=1S/C7H7INO2/c1-8-6-2-4-7(5-3-6)9(10)11/h2-5H,1H3/q-1. The first kappa shape index (κ1) is 8.45. The second-order valence-electron chi connectivity index (χ2n) is 1.92. The predicted molar refractivity (Wildman–Crippen MR) is 37.7 cm³/mol. The van der Waals surface area contributed by atoms with E-state index in [1.165, 1.54) is 3.57 Å². The number of hydrogen-bond acceptors (Lipinski definition) is 2. The minimum absolute atomic E-state index is 0.0541. The molecule has 0 unspecified atom stereocenters. The van der Waals surface area contributed by atoms with Crippen molar-refractivity contribution in [3.05, 3.63) is 37.9 Å². The van der Waals surface area contributed by atoms with Crippen LogP contribution in [0.1, 0.15) is 0 Å². The molecule has 0 spiro atoms. The topological polar surface area (TPSA) is 43.1 Å². The van der Waals surface area contributed by atoms with Crippen molar-refractivity contribution in [3.63, 3.8) is 0 Å². The SMILES string of the molecule is C[I-]c1ccc([N+](=O)[O-])cc1. The van der Waals surface area contributed by atoms with E-state index in [9.17, 15) is 10.1 Å². The monoisotopic (exact) mass is 264 g/mol. The van der Waals surface area contributed by atoms with Gasteiger partial charge in [-0.3, -0.25) is 0 Å². The summed E-state index contributed by atoms with van der Waals surface area (Å²) in [4.78, 5) is 12.0. The van der Waals surface area contributed by atoms with Crippen molar-refractivity contribution in [3.8, 4) is 0 Å². The molecule has 4 heteroatoms. The molecule has 0 amide bonds. The summed E-state index contributed by atoms with van der Waals surface area (Å²) < 4.78 is 1.23. The van der Waals surface area contributed by atoms with Crippen LogP contribution in [-0.2, 0) is 0 Å². The minimum atomic E-state index is -0.377. The van der Waals surface area contributed by atoms with Gasteiger partial charge in [0.05, 0.1) is 0 Å². The zero-order chi connectivity index (χ0) is 8.27. The first-order valence-electron chi connectivity index (χ1n) is 2.98. The van der Waals surface area contributed by atoms with Crippen LogP contribution in [0.4, 0.5) is 5.69 Å². The third-order valence-corrected chi connectivity index (χ3v) is 3.22. The molecule has 3 nitrogen and oxygen atoms in total. The average Bonchev–Trinajstić information content (AvgIpc) is 2.05. The van der Waals surface area contributed by atoms with Gasteiger partial charge < -0.3 is 0 Å². The maximum absolute atomic E-state index is 10.2. The number of hydrogen-bond donors (Lipinski definition) is 0. The average molecular weight is 264 g/mol. The van der Waals surface area contributed by atoms with E-state index >= 15 is 0 Å². The molecule has 0 N–H and O–H groups in total. The molecule has 0 bridgehead atoms. The molecule has 1 aromatic rings. The Morgan fingerprint density at radius 1 is 1.36 bits per heavy atom. The van der Waals surface area contributed by atoms with Crippen LogP contribution in [0.25, 0.3) is 0 Å². The van der Waals surface area contributed by atoms with Gasteiger partial charge in [-0.1, -0.05) is 0 Å². The summed E-state index contributed by atoms with van der Waals surface area (Å²) in [6, 6.07) is 6.76. The quantitative estimate of drug-likeness (QED) is 0.282. The van der Waals surface area contributed by atoms with E-state index in [2.05, 4.69) is 4.93 Å². The van der Waals surface area contributed by atoms with Crippen LogP contribution < -0.4 is 21.2 Å². The summed E-state index contributed by atoms with van der Waals surface area (Å²) in [5, 5.41) is 10.2. The second-order valence-corrected chi connectivity index (χ2v) is 4.25. The van der Waals surface area contributed by atoms with E-state index in [4.69, 9.17) is 0 Å². The van der Waals surface area contributed by atoms with Gasteiger partial charge in [0.2, 0.25) is 0 Å². The first-order valence-corrected chi connectivity index (χ1v) is 6.21. The normalized spacial score (nSPS) is 9.91. The molecular formula is C7H7INO2-. The Labute approximate surface area is 74.8 Å². The Morgan fingerprint density at radius 3 is 2.27 bits per heavy atom. The molecule has 0 aliphatic rings. The molecule has 60 valence electrons. The van der Waals surface area contributed by atoms with Crippen LogP contribution in [0, 0.1) is 13.7 Å². The number of nitro groups is 1. The van der Waals surface area contributed by atoms with E-state index in [0.29, 0.717) is 0 Å². The molecule has 0 fully saturated rings. The Bertz CT molecular complexity index is 258. The molecule has 1 aromatic carbocycles. The summed E-state index contributed by atoms with van der Waals surface area (Å²) in [7, 11) is 0. The third kappa shape index (κ3) is 2.14. The van der Waals surface area contributed by atoms with E-state index in [1.807, 2.05) is 12.1 Å². The number of benzene rings is 1. The molecule has 0 heterocycles. The molecular weight excluding hydrogens is 257 g/mol. The van der Waals surface area contributed by atoms with Gasteiger partial charge in [0.1, 0.15) is 0 Å². The Balaban J connectivity index is 2.91. The van der Waals surface area contributed by atoms with E-state index in [1.54, 1.807) is 12.1 Å². The van der Waals surface area contributed by atoms with Crippen LogP contribution in [0.15, 0.2) is 24.3 Å². The van der Waals surface area contributed by atoms with Crippen LogP contribution in [0.2, 0.25) is 0 Å². The van der Waals surface area contributed by atoms with Gasteiger partial charge in [0, 0.05) is 0 Å². The fourth-order valence-corrected chi connectivity index (χ4v) is 1.77. The molecule has 0 radical (unpaired) electrons. The Morgan fingerprint density at radius 2 is 1.91 bits per heavy atom. The van der Waals surface area contributed by atoms with Gasteiger partial charge in [-0.15, -0.1) is 0 Å². The van der Waals surface area contributed by atoms with Crippen LogP contribution in [0.3, 0.4) is 0 Å². The molecule has 1 rings (SSSR count). The van der Waals surface area contributed by atoms with Crippen molar-refractivity contribution >= 4 is 5.69 Å². The van der Waals surface area contributed by atoms with Gasteiger partial charge in [-0.25, -0.2) is 0 Å². The Hall–Kier alpha value is -0.650.